The zero-order valence-corrected chi connectivity index (χ0v) is 6.93. The lowest BCUT2D eigenvalue weighted by Gasteiger charge is -2.03. The van der Waals surface area contributed by atoms with Gasteiger partial charge in [-0.15, -0.1) is 0 Å². The minimum absolute atomic E-state index is 0.0331. The van der Waals surface area contributed by atoms with Gasteiger partial charge in [0.25, 0.3) is 0 Å². The number of nitrogens with zero attached hydrogens (tertiary/aromatic N) is 1. The minimum atomic E-state index is -0.508. The summed E-state index contributed by atoms with van der Waals surface area (Å²) in [6.45, 7) is 0. The quantitative estimate of drug-likeness (QED) is 0.696. The highest BCUT2D eigenvalue weighted by Crippen LogP contribution is 2.28. The molecule has 68 valence electrons. The lowest BCUT2D eigenvalue weighted by Crippen LogP contribution is -2.04. The average Bonchev–Trinajstić information content (AvgIpc) is 2.47. The van der Waals surface area contributed by atoms with Crippen molar-refractivity contribution in [2.45, 2.75) is 6.42 Å². The predicted molar refractivity (Wildman–Crippen MR) is 43.1 cm³/mol. The Balaban J connectivity index is 2.54. The Kier molecular flexibility index (Phi) is 1.65. The highest BCUT2D eigenvalue weighted by molar-refractivity contribution is 5.98. The van der Waals surface area contributed by atoms with Gasteiger partial charge in [0.1, 0.15) is 5.82 Å². The van der Waals surface area contributed by atoms with Crippen molar-refractivity contribution in [2.24, 2.45) is 0 Å². The molecule has 1 aliphatic heterocycles. The first-order valence-electron chi connectivity index (χ1n) is 3.73. The summed E-state index contributed by atoms with van der Waals surface area (Å²) in [5.74, 6) is -0.390. The molecule has 0 saturated heterocycles. The van der Waals surface area contributed by atoms with Crippen LogP contribution in [-0.2, 0) is 11.2 Å². The number of hydrogen-bond acceptors (Lipinski definition) is 3. The van der Waals surface area contributed by atoms with Gasteiger partial charge in [0, 0.05) is 5.56 Å². The fourth-order valence-electron chi connectivity index (χ4n) is 1.26. The van der Waals surface area contributed by atoms with Crippen LogP contribution in [0.1, 0.15) is 5.56 Å². The summed E-state index contributed by atoms with van der Waals surface area (Å²) in [6.07, 6.45) is 1.28. The third-order valence-electron chi connectivity index (χ3n) is 1.89. The number of anilines is 1. The number of hydrogen-bond donors (Lipinski definition) is 1. The van der Waals surface area contributed by atoms with Gasteiger partial charge in [0.05, 0.1) is 19.7 Å². The Labute approximate surface area is 73.7 Å². The monoisotopic (exact) mass is 182 g/mol. The highest BCUT2D eigenvalue weighted by atomic mass is 19.1. The molecule has 1 amide bonds. The molecule has 5 heteroatoms. The highest BCUT2D eigenvalue weighted by Gasteiger charge is 2.24. The first-order valence-corrected chi connectivity index (χ1v) is 3.73. The van der Waals surface area contributed by atoms with E-state index in [0.717, 1.165) is 0 Å². The van der Waals surface area contributed by atoms with Gasteiger partial charge in [0.15, 0.2) is 11.6 Å². The molecule has 0 spiro atoms. The maximum Gasteiger partial charge on any atom is 0.230 e. The van der Waals surface area contributed by atoms with E-state index in [2.05, 4.69) is 10.3 Å². The molecule has 1 N–H and O–H groups in total. The van der Waals surface area contributed by atoms with Crippen LogP contribution in [-0.4, -0.2) is 18.0 Å². The normalized spacial score (nSPS) is 13.8. The fourth-order valence-corrected chi connectivity index (χ4v) is 1.26. The zero-order valence-electron chi connectivity index (χ0n) is 6.93. The molecule has 0 aliphatic carbocycles. The summed E-state index contributed by atoms with van der Waals surface area (Å²) in [7, 11) is 1.36. The van der Waals surface area contributed by atoms with Gasteiger partial charge in [-0.2, -0.15) is 0 Å². The van der Waals surface area contributed by atoms with Crippen LogP contribution in [0.15, 0.2) is 6.20 Å². The van der Waals surface area contributed by atoms with Gasteiger partial charge in [-0.25, -0.2) is 9.37 Å². The number of aromatic nitrogens is 1. The van der Waals surface area contributed by atoms with E-state index < -0.39 is 5.82 Å². The molecular formula is C8H7FN2O2. The second kappa shape index (κ2) is 2.69. The van der Waals surface area contributed by atoms with E-state index in [9.17, 15) is 9.18 Å². The van der Waals surface area contributed by atoms with Crippen LogP contribution in [0.25, 0.3) is 0 Å². The molecule has 1 aromatic rings. The Morgan fingerprint density at radius 3 is 3.15 bits per heavy atom. The van der Waals surface area contributed by atoms with Crippen LogP contribution in [0.2, 0.25) is 0 Å². The first kappa shape index (κ1) is 7.97. The van der Waals surface area contributed by atoms with Crippen molar-refractivity contribution in [1.82, 2.24) is 4.98 Å². The van der Waals surface area contributed by atoms with Crippen LogP contribution in [0.5, 0.6) is 5.75 Å². The smallest absolute Gasteiger partial charge is 0.230 e. The van der Waals surface area contributed by atoms with E-state index in [1.54, 1.807) is 0 Å². The molecule has 1 aromatic heterocycles. The van der Waals surface area contributed by atoms with Crippen molar-refractivity contribution in [1.29, 1.82) is 0 Å². The van der Waals surface area contributed by atoms with Crippen molar-refractivity contribution in [3.05, 3.63) is 17.6 Å². The summed E-state index contributed by atoms with van der Waals surface area (Å²) in [6, 6.07) is 0. The molecule has 13 heavy (non-hydrogen) atoms. The molecule has 0 radical (unpaired) electrons. The first-order chi connectivity index (χ1) is 6.22. The summed E-state index contributed by atoms with van der Waals surface area (Å²) in [4.78, 5) is 14.7. The second-order valence-corrected chi connectivity index (χ2v) is 2.69. The third kappa shape index (κ3) is 1.12. The number of fused-ring (bicyclic) bond motifs is 1. The van der Waals surface area contributed by atoms with Crippen LogP contribution < -0.4 is 10.1 Å². The molecule has 2 heterocycles. The number of nitrogens with one attached hydrogen (secondary N) is 1. The van der Waals surface area contributed by atoms with Crippen molar-refractivity contribution >= 4 is 11.7 Å². The Hall–Kier alpha value is -1.65. The van der Waals surface area contributed by atoms with Gasteiger partial charge < -0.3 is 10.1 Å². The number of carbonyl (C=O) groups excluding carboxylic acids is 1. The van der Waals surface area contributed by atoms with Gasteiger partial charge >= 0.3 is 0 Å². The largest absolute Gasteiger partial charge is 0.492 e. The van der Waals surface area contributed by atoms with E-state index in [0.29, 0.717) is 5.82 Å². The van der Waals surface area contributed by atoms with E-state index in [1.807, 2.05) is 0 Å². The summed E-state index contributed by atoms with van der Waals surface area (Å²) >= 11 is 0. The standard InChI is InChI=1S/C8H7FN2O2/c1-13-5-3-10-8-4(7(5)9)2-6(12)11-8/h3H,2H2,1H3,(H,10,11,12). The number of ether oxygens (including phenoxy) is 1. The maximum absolute atomic E-state index is 13.4. The SMILES string of the molecule is COc1cnc2c(c1F)CC(=O)N2. The Bertz CT molecular complexity index is 379. The molecule has 4 nitrogen and oxygen atoms in total. The maximum atomic E-state index is 13.4. The number of methoxy groups -OCH3 is 1. The number of pyridine rings is 1. The van der Waals surface area contributed by atoms with Crippen LogP contribution in [0.4, 0.5) is 10.2 Å². The lowest BCUT2D eigenvalue weighted by molar-refractivity contribution is -0.115. The van der Waals surface area contributed by atoms with Crippen molar-refractivity contribution in [3.8, 4) is 5.75 Å². The average molecular weight is 182 g/mol. The summed E-state index contributed by atoms with van der Waals surface area (Å²) < 4.78 is 18.1. The molecule has 0 bridgehead atoms. The molecule has 2 rings (SSSR count). The van der Waals surface area contributed by atoms with E-state index in [1.165, 1.54) is 13.3 Å². The van der Waals surface area contributed by atoms with Gasteiger partial charge in [-0.3, -0.25) is 4.79 Å². The Morgan fingerprint density at radius 2 is 2.46 bits per heavy atom. The molecule has 0 unspecified atom stereocenters. The van der Waals surface area contributed by atoms with E-state index >= 15 is 0 Å². The van der Waals surface area contributed by atoms with Crippen molar-refractivity contribution in [2.75, 3.05) is 12.4 Å². The molecular weight excluding hydrogens is 175 g/mol. The number of carbonyl (C=O) groups is 1. The lowest BCUT2D eigenvalue weighted by atomic mass is 10.2. The van der Waals surface area contributed by atoms with Crippen LogP contribution in [0.3, 0.4) is 0 Å². The summed E-state index contributed by atoms with van der Waals surface area (Å²) in [5.41, 5.74) is 0.282. The fraction of sp³-hybridized carbons (Fsp3) is 0.250. The number of rotatable bonds is 1. The van der Waals surface area contributed by atoms with E-state index in [4.69, 9.17) is 4.74 Å². The van der Waals surface area contributed by atoms with Crippen LogP contribution >= 0.6 is 0 Å². The van der Waals surface area contributed by atoms with E-state index in [-0.39, 0.29) is 23.6 Å². The molecule has 0 atom stereocenters. The number of amides is 1. The molecule has 1 aliphatic rings. The molecule has 0 saturated carbocycles. The second-order valence-electron chi connectivity index (χ2n) is 2.69. The zero-order chi connectivity index (χ0) is 9.42. The molecule has 0 aromatic carbocycles. The number of halogens is 1. The van der Waals surface area contributed by atoms with Crippen molar-refractivity contribution in [3.63, 3.8) is 0 Å². The summed E-state index contributed by atoms with van der Waals surface area (Å²) in [5, 5.41) is 2.44. The molecule has 0 fully saturated rings. The van der Waals surface area contributed by atoms with Crippen molar-refractivity contribution < 1.29 is 13.9 Å². The van der Waals surface area contributed by atoms with Gasteiger partial charge in [-0.1, -0.05) is 0 Å². The van der Waals surface area contributed by atoms with Gasteiger partial charge in [-0.05, 0) is 0 Å². The topological polar surface area (TPSA) is 51.2 Å². The van der Waals surface area contributed by atoms with Crippen LogP contribution in [0, 0.1) is 5.82 Å². The Morgan fingerprint density at radius 1 is 1.69 bits per heavy atom. The third-order valence-corrected chi connectivity index (χ3v) is 1.89. The van der Waals surface area contributed by atoms with Gasteiger partial charge in [0.2, 0.25) is 5.91 Å². The minimum Gasteiger partial charge on any atom is -0.492 e. The predicted octanol–water partition coefficient (Wildman–Crippen LogP) is 0.724.